The molecule has 0 amide bonds. The predicted octanol–water partition coefficient (Wildman–Crippen LogP) is -0.115. The maximum atomic E-state index is 4.30. The van der Waals surface area contributed by atoms with Crippen molar-refractivity contribution in [2.24, 2.45) is 4.99 Å². The summed E-state index contributed by atoms with van der Waals surface area (Å²) in [6, 6.07) is 3.92. The van der Waals surface area contributed by atoms with Crippen LogP contribution >= 0.6 is 0 Å². The number of hydrogen-bond donors (Lipinski definition) is 0. The van der Waals surface area contributed by atoms with Crippen LogP contribution < -0.4 is 10.7 Å². The molecular weight excluding hydrogens is 124 g/mol. The maximum Gasteiger partial charge on any atom is 0.0842 e. The second-order valence-corrected chi connectivity index (χ2v) is 2.28. The summed E-state index contributed by atoms with van der Waals surface area (Å²) in [6.45, 7) is 0.915. The Bertz CT molecular complexity index is 306. The fourth-order valence-corrected chi connectivity index (χ4v) is 1.09. The van der Waals surface area contributed by atoms with Crippen LogP contribution in [0.2, 0.25) is 0 Å². The van der Waals surface area contributed by atoms with Crippen molar-refractivity contribution in [1.29, 1.82) is 0 Å². The van der Waals surface area contributed by atoms with Crippen molar-refractivity contribution in [3.8, 4) is 0 Å². The van der Waals surface area contributed by atoms with Crippen molar-refractivity contribution in [3.63, 3.8) is 0 Å². The maximum absolute atomic E-state index is 4.30. The third-order valence-corrected chi connectivity index (χ3v) is 1.57. The molecule has 0 saturated heterocycles. The number of fused-ring (bicyclic) bond motifs is 1. The van der Waals surface area contributed by atoms with Crippen molar-refractivity contribution in [3.05, 3.63) is 29.0 Å². The van der Waals surface area contributed by atoms with Crippen molar-refractivity contribution >= 4 is 6.08 Å². The topological polar surface area (TPSA) is 25.2 Å². The molecule has 0 bridgehead atoms. The molecule has 1 aromatic heterocycles. The highest BCUT2D eigenvalue weighted by atomic mass is 14.8. The van der Waals surface area contributed by atoms with Crippen LogP contribution in [0.5, 0.6) is 0 Å². The first-order valence-electron chi connectivity index (χ1n) is 3.42. The van der Waals surface area contributed by atoms with Gasteiger partial charge in [0.1, 0.15) is 0 Å². The molecule has 2 rings (SSSR count). The van der Waals surface area contributed by atoms with Crippen LogP contribution in [0.3, 0.4) is 0 Å². The van der Waals surface area contributed by atoms with E-state index >= 15 is 0 Å². The molecule has 0 N–H and O–H groups in total. The van der Waals surface area contributed by atoms with E-state index in [9.17, 15) is 0 Å². The Morgan fingerprint density at radius 3 is 3.30 bits per heavy atom. The SMILES string of the molecule is C1=c2ncccc2=NCC1. The van der Waals surface area contributed by atoms with Crippen molar-refractivity contribution < 1.29 is 0 Å². The first kappa shape index (κ1) is 5.59. The van der Waals surface area contributed by atoms with Gasteiger partial charge in [0.25, 0.3) is 0 Å². The lowest BCUT2D eigenvalue weighted by Gasteiger charge is -1.95. The molecule has 1 aliphatic rings. The number of nitrogens with zero attached hydrogens (tertiary/aromatic N) is 2. The summed E-state index contributed by atoms with van der Waals surface area (Å²) in [4.78, 5) is 8.47. The van der Waals surface area contributed by atoms with Crippen LogP contribution in [0, 0.1) is 0 Å². The van der Waals surface area contributed by atoms with Crippen LogP contribution in [0.4, 0.5) is 0 Å². The highest BCUT2D eigenvalue weighted by Crippen LogP contribution is 1.83. The lowest BCUT2D eigenvalue weighted by molar-refractivity contribution is 0.937. The normalized spacial score (nSPS) is 14.8. The van der Waals surface area contributed by atoms with Gasteiger partial charge >= 0.3 is 0 Å². The summed E-state index contributed by atoms with van der Waals surface area (Å²) in [5.74, 6) is 0. The van der Waals surface area contributed by atoms with E-state index < -0.39 is 0 Å². The molecule has 0 spiro atoms. The third kappa shape index (κ3) is 0.817. The van der Waals surface area contributed by atoms with Crippen LogP contribution in [0.25, 0.3) is 6.08 Å². The molecule has 2 nitrogen and oxygen atoms in total. The molecule has 2 heteroatoms. The van der Waals surface area contributed by atoms with Crippen molar-refractivity contribution in [2.75, 3.05) is 6.54 Å². The zero-order valence-electron chi connectivity index (χ0n) is 5.62. The molecule has 10 heavy (non-hydrogen) atoms. The molecule has 1 aromatic rings. The molecule has 0 radical (unpaired) electrons. The van der Waals surface area contributed by atoms with Gasteiger partial charge in [-0.1, -0.05) is 6.08 Å². The average Bonchev–Trinajstić information content (AvgIpc) is 2.05. The van der Waals surface area contributed by atoms with E-state index in [1.54, 1.807) is 6.20 Å². The minimum Gasteiger partial charge on any atom is -0.283 e. The number of rotatable bonds is 0. The highest BCUT2D eigenvalue weighted by molar-refractivity contribution is 5.20. The van der Waals surface area contributed by atoms with E-state index in [0.717, 1.165) is 23.7 Å². The molecule has 0 fully saturated rings. The van der Waals surface area contributed by atoms with Crippen molar-refractivity contribution in [1.82, 2.24) is 4.98 Å². The van der Waals surface area contributed by atoms with Gasteiger partial charge in [0.05, 0.1) is 10.7 Å². The standard InChI is InChI=1S/C8H8N2/c1-3-7-8(9-5-1)4-2-6-10-7/h1,3-5H,2,6H2. The fraction of sp³-hybridized carbons (Fsp3) is 0.250. The van der Waals surface area contributed by atoms with Gasteiger partial charge < -0.3 is 0 Å². The molecule has 0 aromatic carbocycles. The second kappa shape index (κ2) is 2.21. The van der Waals surface area contributed by atoms with Gasteiger partial charge in [0.15, 0.2) is 0 Å². The molecule has 0 atom stereocenters. The largest absolute Gasteiger partial charge is 0.283 e. The zero-order valence-corrected chi connectivity index (χ0v) is 5.62. The van der Waals surface area contributed by atoms with Crippen LogP contribution in [-0.4, -0.2) is 11.5 Å². The Hall–Kier alpha value is -1.18. The van der Waals surface area contributed by atoms with Gasteiger partial charge in [-0.3, -0.25) is 9.98 Å². The smallest absolute Gasteiger partial charge is 0.0842 e. The lowest BCUT2D eigenvalue weighted by Crippen LogP contribution is -2.30. The van der Waals surface area contributed by atoms with Crippen molar-refractivity contribution in [2.45, 2.75) is 6.42 Å². The Balaban J connectivity index is 2.84. The Kier molecular flexibility index (Phi) is 1.24. The lowest BCUT2D eigenvalue weighted by atomic mass is 10.3. The third-order valence-electron chi connectivity index (χ3n) is 1.57. The Morgan fingerprint density at radius 1 is 1.40 bits per heavy atom. The minimum atomic E-state index is 0.915. The fourth-order valence-electron chi connectivity index (χ4n) is 1.09. The van der Waals surface area contributed by atoms with Gasteiger partial charge in [-0.2, -0.15) is 0 Å². The summed E-state index contributed by atoms with van der Waals surface area (Å²) in [5, 5.41) is 2.07. The molecule has 0 unspecified atom stereocenters. The van der Waals surface area contributed by atoms with E-state index in [-0.39, 0.29) is 0 Å². The summed E-state index contributed by atoms with van der Waals surface area (Å²) >= 11 is 0. The second-order valence-electron chi connectivity index (χ2n) is 2.28. The Labute approximate surface area is 58.9 Å². The van der Waals surface area contributed by atoms with Crippen LogP contribution in [-0.2, 0) is 0 Å². The van der Waals surface area contributed by atoms with Gasteiger partial charge in [0.2, 0.25) is 0 Å². The van der Waals surface area contributed by atoms with Crippen LogP contribution in [0.1, 0.15) is 6.42 Å². The summed E-state index contributed by atoms with van der Waals surface area (Å²) in [5.41, 5.74) is 0. The first-order chi connectivity index (χ1) is 4.97. The van der Waals surface area contributed by atoms with E-state index in [1.165, 1.54) is 0 Å². The Morgan fingerprint density at radius 2 is 2.40 bits per heavy atom. The zero-order chi connectivity index (χ0) is 6.81. The van der Waals surface area contributed by atoms with Gasteiger partial charge in [-0.05, 0) is 18.6 Å². The number of aromatic nitrogens is 1. The molecule has 0 saturated carbocycles. The summed E-state index contributed by atoms with van der Waals surface area (Å²) in [6.07, 6.45) is 4.96. The minimum absolute atomic E-state index is 0.915. The average molecular weight is 132 g/mol. The van der Waals surface area contributed by atoms with E-state index in [2.05, 4.69) is 16.1 Å². The van der Waals surface area contributed by atoms with E-state index in [4.69, 9.17) is 0 Å². The van der Waals surface area contributed by atoms with Gasteiger partial charge in [-0.25, -0.2) is 0 Å². The molecule has 50 valence electrons. The van der Waals surface area contributed by atoms with Crippen LogP contribution in [0.15, 0.2) is 23.3 Å². The number of pyridine rings is 1. The summed E-state index contributed by atoms with van der Waals surface area (Å²) < 4.78 is 0. The number of hydrogen-bond acceptors (Lipinski definition) is 2. The molecule has 1 aliphatic heterocycles. The molecular formula is C8H8N2. The highest BCUT2D eigenvalue weighted by Gasteiger charge is 1.91. The van der Waals surface area contributed by atoms with E-state index in [0.29, 0.717) is 0 Å². The summed E-state index contributed by atoms with van der Waals surface area (Å²) in [7, 11) is 0. The monoisotopic (exact) mass is 132 g/mol. The van der Waals surface area contributed by atoms with Gasteiger partial charge in [-0.15, -0.1) is 0 Å². The molecule has 0 aliphatic carbocycles. The van der Waals surface area contributed by atoms with E-state index in [1.807, 2.05) is 12.1 Å². The quantitative estimate of drug-likeness (QED) is 0.483. The first-order valence-corrected chi connectivity index (χ1v) is 3.42. The predicted molar refractivity (Wildman–Crippen MR) is 39.0 cm³/mol. The van der Waals surface area contributed by atoms with Gasteiger partial charge in [0, 0.05) is 12.7 Å². The molecule has 2 heterocycles.